The zero-order chi connectivity index (χ0) is 13.2. The van der Waals surface area contributed by atoms with Crippen molar-refractivity contribution in [2.45, 2.75) is 38.5 Å². The van der Waals surface area contributed by atoms with Crippen LogP contribution in [0.5, 0.6) is 0 Å². The van der Waals surface area contributed by atoms with Crippen LogP contribution in [0, 0.1) is 0 Å². The van der Waals surface area contributed by atoms with Crippen molar-refractivity contribution < 1.29 is 4.79 Å². The number of H-pyrrole nitrogens is 1. The summed E-state index contributed by atoms with van der Waals surface area (Å²) < 4.78 is 0. The Balaban J connectivity index is 1.75. The molecule has 1 atom stereocenters. The van der Waals surface area contributed by atoms with Crippen molar-refractivity contribution in [2.75, 3.05) is 5.32 Å². The summed E-state index contributed by atoms with van der Waals surface area (Å²) in [5, 5.41) is 10.6. The molecule has 2 N–H and O–H groups in total. The predicted octanol–water partition coefficient (Wildman–Crippen LogP) is 2.49. The zero-order valence-corrected chi connectivity index (χ0v) is 11.6. The van der Waals surface area contributed by atoms with Crippen LogP contribution in [0.1, 0.15) is 41.8 Å². The summed E-state index contributed by atoms with van der Waals surface area (Å²) in [6.45, 7) is 2.08. The standard InChI is InChI=1S/C13H16N4OS/c1-2-8-6-14-13(19-8)16-12(18)9-4-3-5-11-10(9)7-15-17-11/h6-7,9H,2-5H2,1H3,(H,15,17)(H,14,16,18)/t9-/m1/s1. The van der Waals surface area contributed by atoms with Gasteiger partial charge in [-0.3, -0.25) is 9.89 Å². The maximum atomic E-state index is 12.3. The molecular formula is C13H16N4OS. The molecule has 6 heteroatoms. The van der Waals surface area contributed by atoms with E-state index >= 15 is 0 Å². The summed E-state index contributed by atoms with van der Waals surface area (Å²) in [5.74, 6) is -0.0733. The van der Waals surface area contributed by atoms with E-state index < -0.39 is 0 Å². The van der Waals surface area contributed by atoms with Crippen molar-refractivity contribution in [1.29, 1.82) is 0 Å². The van der Waals surface area contributed by atoms with Crippen LogP contribution in [0.2, 0.25) is 0 Å². The number of rotatable bonds is 3. The second-order valence-electron chi connectivity index (χ2n) is 4.72. The molecule has 0 aromatic carbocycles. The molecule has 0 saturated heterocycles. The van der Waals surface area contributed by atoms with Crippen molar-refractivity contribution in [3.8, 4) is 0 Å². The number of aryl methyl sites for hydroxylation is 2. The first kappa shape index (κ1) is 12.3. The number of hydrogen-bond acceptors (Lipinski definition) is 4. The SMILES string of the molecule is CCc1cnc(NC(=O)[C@@H]2CCCc3[nH]ncc32)s1. The van der Waals surface area contributed by atoms with Crippen molar-refractivity contribution in [2.24, 2.45) is 0 Å². The molecule has 5 nitrogen and oxygen atoms in total. The van der Waals surface area contributed by atoms with Crippen LogP contribution in [-0.2, 0) is 17.6 Å². The van der Waals surface area contributed by atoms with Crippen LogP contribution >= 0.6 is 11.3 Å². The lowest BCUT2D eigenvalue weighted by Crippen LogP contribution is -2.24. The van der Waals surface area contributed by atoms with Crippen LogP contribution in [0.15, 0.2) is 12.4 Å². The Bertz CT molecular complexity index is 589. The first-order chi connectivity index (χ1) is 9.28. The Morgan fingerprint density at radius 3 is 3.26 bits per heavy atom. The quantitative estimate of drug-likeness (QED) is 0.904. The first-order valence-corrected chi connectivity index (χ1v) is 7.37. The fourth-order valence-corrected chi connectivity index (χ4v) is 3.21. The van der Waals surface area contributed by atoms with E-state index in [1.807, 2.05) is 6.20 Å². The number of anilines is 1. The number of nitrogens with zero attached hydrogens (tertiary/aromatic N) is 2. The maximum absolute atomic E-state index is 12.3. The van der Waals surface area contributed by atoms with Gasteiger partial charge in [0, 0.05) is 22.3 Å². The highest BCUT2D eigenvalue weighted by atomic mass is 32.1. The second-order valence-corrected chi connectivity index (χ2v) is 5.84. The van der Waals surface area contributed by atoms with Gasteiger partial charge >= 0.3 is 0 Å². The predicted molar refractivity (Wildman–Crippen MR) is 74.4 cm³/mol. The molecule has 0 aliphatic heterocycles. The minimum atomic E-state index is -0.100. The molecule has 19 heavy (non-hydrogen) atoms. The van der Waals surface area contributed by atoms with Crippen molar-refractivity contribution in [1.82, 2.24) is 15.2 Å². The molecule has 2 heterocycles. The van der Waals surface area contributed by atoms with Gasteiger partial charge in [0.15, 0.2) is 5.13 Å². The van der Waals surface area contributed by atoms with Crippen LogP contribution in [0.25, 0.3) is 0 Å². The molecule has 3 rings (SSSR count). The largest absolute Gasteiger partial charge is 0.301 e. The molecule has 1 aliphatic carbocycles. The Hall–Kier alpha value is -1.69. The number of aromatic amines is 1. The van der Waals surface area contributed by atoms with Gasteiger partial charge in [0.2, 0.25) is 5.91 Å². The number of thiazole rings is 1. The van der Waals surface area contributed by atoms with Gasteiger partial charge in [-0.25, -0.2) is 4.98 Å². The third-order valence-corrected chi connectivity index (χ3v) is 4.55. The van der Waals surface area contributed by atoms with Crippen molar-refractivity contribution >= 4 is 22.4 Å². The number of aromatic nitrogens is 3. The monoisotopic (exact) mass is 276 g/mol. The molecule has 1 amide bonds. The fraction of sp³-hybridized carbons (Fsp3) is 0.462. The van der Waals surface area contributed by atoms with Crippen LogP contribution < -0.4 is 5.32 Å². The number of carbonyl (C=O) groups is 1. The Kier molecular flexibility index (Phi) is 3.33. The van der Waals surface area contributed by atoms with E-state index in [0.717, 1.165) is 36.9 Å². The molecule has 0 saturated carbocycles. The lowest BCUT2D eigenvalue weighted by atomic mass is 9.86. The molecule has 0 spiro atoms. The van der Waals surface area contributed by atoms with E-state index in [2.05, 4.69) is 27.4 Å². The third kappa shape index (κ3) is 2.40. The lowest BCUT2D eigenvalue weighted by Gasteiger charge is -2.20. The highest BCUT2D eigenvalue weighted by Crippen LogP contribution is 2.31. The number of carbonyl (C=O) groups excluding carboxylic acids is 1. The van der Waals surface area contributed by atoms with Gasteiger partial charge in [-0.2, -0.15) is 5.10 Å². The lowest BCUT2D eigenvalue weighted by molar-refractivity contribution is -0.117. The second kappa shape index (κ2) is 5.13. The van der Waals surface area contributed by atoms with Gasteiger partial charge < -0.3 is 5.32 Å². The normalized spacial score (nSPS) is 18.1. The smallest absolute Gasteiger partial charge is 0.233 e. The van der Waals surface area contributed by atoms with Gasteiger partial charge in [0.1, 0.15) is 0 Å². The molecule has 0 bridgehead atoms. The molecule has 0 unspecified atom stereocenters. The van der Waals surface area contributed by atoms with E-state index in [0.29, 0.717) is 5.13 Å². The zero-order valence-electron chi connectivity index (χ0n) is 10.8. The first-order valence-electron chi connectivity index (χ1n) is 6.55. The van der Waals surface area contributed by atoms with E-state index in [-0.39, 0.29) is 11.8 Å². The molecular weight excluding hydrogens is 260 g/mol. The Morgan fingerprint density at radius 1 is 1.58 bits per heavy atom. The molecule has 2 aromatic heterocycles. The van der Waals surface area contributed by atoms with Crippen molar-refractivity contribution in [3.63, 3.8) is 0 Å². The van der Waals surface area contributed by atoms with Crippen molar-refractivity contribution in [3.05, 3.63) is 28.5 Å². The Labute approximate surface area is 115 Å². The van der Waals surface area contributed by atoms with E-state index in [1.54, 1.807) is 17.5 Å². The van der Waals surface area contributed by atoms with Crippen LogP contribution in [0.4, 0.5) is 5.13 Å². The number of amides is 1. The van der Waals surface area contributed by atoms with E-state index in [9.17, 15) is 4.79 Å². The average Bonchev–Trinajstić information content (AvgIpc) is 3.05. The summed E-state index contributed by atoms with van der Waals surface area (Å²) in [6.07, 6.45) is 7.43. The highest BCUT2D eigenvalue weighted by molar-refractivity contribution is 7.15. The minimum Gasteiger partial charge on any atom is -0.301 e. The summed E-state index contributed by atoms with van der Waals surface area (Å²) in [6, 6.07) is 0. The molecule has 1 aliphatic rings. The average molecular weight is 276 g/mol. The fourth-order valence-electron chi connectivity index (χ4n) is 2.45. The molecule has 0 radical (unpaired) electrons. The summed E-state index contributed by atoms with van der Waals surface area (Å²) >= 11 is 1.54. The molecule has 100 valence electrons. The van der Waals surface area contributed by atoms with E-state index in [4.69, 9.17) is 0 Å². The topological polar surface area (TPSA) is 70.7 Å². The number of hydrogen-bond donors (Lipinski definition) is 2. The summed E-state index contributed by atoms with van der Waals surface area (Å²) in [5.41, 5.74) is 2.14. The summed E-state index contributed by atoms with van der Waals surface area (Å²) in [4.78, 5) is 17.8. The maximum Gasteiger partial charge on any atom is 0.233 e. The van der Waals surface area contributed by atoms with Gasteiger partial charge in [0.25, 0.3) is 0 Å². The van der Waals surface area contributed by atoms with Gasteiger partial charge in [-0.1, -0.05) is 6.92 Å². The van der Waals surface area contributed by atoms with Crippen LogP contribution in [0.3, 0.4) is 0 Å². The van der Waals surface area contributed by atoms with Crippen LogP contribution in [-0.4, -0.2) is 21.1 Å². The highest BCUT2D eigenvalue weighted by Gasteiger charge is 2.28. The summed E-state index contributed by atoms with van der Waals surface area (Å²) in [7, 11) is 0. The van der Waals surface area contributed by atoms with Gasteiger partial charge in [-0.15, -0.1) is 11.3 Å². The number of fused-ring (bicyclic) bond motifs is 1. The van der Waals surface area contributed by atoms with Gasteiger partial charge in [0.05, 0.1) is 12.1 Å². The molecule has 0 fully saturated rings. The number of nitrogens with one attached hydrogen (secondary N) is 2. The minimum absolute atomic E-state index is 0.0272. The van der Waals surface area contributed by atoms with Gasteiger partial charge in [-0.05, 0) is 25.7 Å². The Morgan fingerprint density at radius 2 is 2.47 bits per heavy atom. The molecule has 2 aromatic rings. The third-order valence-electron chi connectivity index (χ3n) is 3.50. The van der Waals surface area contributed by atoms with E-state index in [1.165, 1.54) is 4.88 Å².